The predicted molar refractivity (Wildman–Crippen MR) is 76.4 cm³/mol. The summed E-state index contributed by atoms with van der Waals surface area (Å²) in [6, 6.07) is 4.20. The van der Waals surface area contributed by atoms with Gasteiger partial charge in [0.2, 0.25) is 0 Å². The Morgan fingerprint density at radius 3 is 3.10 bits per heavy atom. The minimum absolute atomic E-state index is 0.0682. The van der Waals surface area contributed by atoms with Crippen LogP contribution in [0.25, 0.3) is 10.7 Å². The summed E-state index contributed by atoms with van der Waals surface area (Å²) >= 11 is 1.69. The van der Waals surface area contributed by atoms with Gasteiger partial charge >= 0.3 is 0 Å². The number of hydrogen-bond acceptors (Lipinski definition) is 5. The Balaban J connectivity index is 1.79. The average Bonchev–Trinajstić information content (AvgIpc) is 3.17. The van der Waals surface area contributed by atoms with E-state index in [1.165, 1.54) is 0 Å². The van der Waals surface area contributed by atoms with Crippen LogP contribution in [0, 0.1) is 0 Å². The molecule has 0 bridgehead atoms. The molecule has 0 fully saturated rings. The monoisotopic (exact) mass is 286 g/mol. The number of fused-ring (bicyclic) bond motifs is 1. The lowest BCUT2D eigenvalue weighted by molar-refractivity contribution is 0.458. The molecule has 1 aliphatic rings. The second kappa shape index (κ2) is 4.53. The van der Waals surface area contributed by atoms with E-state index in [4.69, 9.17) is 0 Å². The first-order valence-corrected chi connectivity index (χ1v) is 7.40. The molecule has 0 spiro atoms. The van der Waals surface area contributed by atoms with E-state index in [-0.39, 0.29) is 6.04 Å². The maximum Gasteiger partial charge on any atom is 0.174 e. The zero-order valence-electron chi connectivity index (χ0n) is 11.0. The van der Waals surface area contributed by atoms with Gasteiger partial charge in [-0.2, -0.15) is 5.10 Å². The lowest BCUT2D eigenvalue weighted by Crippen LogP contribution is -2.34. The van der Waals surface area contributed by atoms with E-state index in [2.05, 4.69) is 36.6 Å². The summed E-state index contributed by atoms with van der Waals surface area (Å²) in [7, 11) is 1.92. The van der Waals surface area contributed by atoms with Gasteiger partial charge in [0.05, 0.1) is 17.1 Å². The molecule has 4 rings (SSSR count). The molecule has 1 atom stereocenters. The molecule has 1 N–H and O–H groups in total. The van der Waals surface area contributed by atoms with Crippen LogP contribution in [0.5, 0.6) is 0 Å². The Labute approximate surface area is 120 Å². The maximum absolute atomic E-state index is 4.40. The highest BCUT2D eigenvalue weighted by molar-refractivity contribution is 7.13. The molecule has 0 amide bonds. The molecule has 0 saturated carbocycles. The fourth-order valence-electron chi connectivity index (χ4n) is 2.61. The highest BCUT2D eigenvalue weighted by Crippen LogP contribution is 2.29. The van der Waals surface area contributed by atoms with Crippen molar-refractivity contribution < 1.29 is 0 Å². The molecule has 1 unspecified atom stereocenters. The van der Waals surface area contributed by atoms with Crippen LogP contribution in [-0.4, -0.2) is 31.1 Å². The third-order valence-corrected chi connectivity index (χ3v) is 4.39. The van der Waals surface area contributed by atoms with Crippen LogP contribution in [0.15, 0.2) is 29.9 Å². The SMILES string of the molecule is Cn1cc(C2NCCn3c(-c4cccs4)nnc32)cn1. The highest BCUT2D eigenvalue weighted by atomic mass is 32.1. The van der Waals surface area contributed by atoms with Crippen molar-refractivity contribution in [3.8, 4) is 10.7 Å². The Hall–Kier alpha value is -1.99. The molecule has 0 aliphatic carbocycles. The quantitative estimate of drug-likeness (QED) is 0.774. The highest BCUT2D eigenvalue weighted by Gasteiger charge is 2.27. The second-order valence-electron chi connectivity index (χ2n) is 4.85. The van der Waals surface area contributed by atoms with Gasteiger partial charge < -0.3 is 9.88 Å². The molecule has 3 aromatic rings. The van der Waals surface area contributed by atoms with E-state index in [1.807, 2.05) is 30.2 Å². The van der Waals surface area contributed by atoms with E-state index in [1.54, 1.807) is 11.3 Å². The standard InChI is InChI=1S/C13H14N6S/c1-18-8-9(7-15-18)11-13-17-16-12(10-3-2-6-20-10)19(13)5-4-14-11/h2-3,6-8,11,14H,4-5H2,1H3. The van der Waals surface area contributed by atoms with Crippen molar-refractivity contribution in [3.63, 3.8) is 0 Å². The van der Waals surface area contributed by atoms with E-state index in [0.29, 0.717) is 0 Å². The first-order chi connectivity index (χ1) is 9.83. The molecular formula is C13H14N6S. The molecule has 4 heterocycles. The van der Waals surface area contributed by atoms with Crippen LogP contribution in [0.4, 0.5) is 0 Å². The Morgan fingerprint density at radius 2 is 2.35 bits per heavy atom. The third kappa shape index (κ3) is 1.78. The van der Waals surface area contributed by atoms with E-state index in [9.17, 15) is 0 Å². The van der Waals surface area contributed by atoms with Crippen molar-refractivity contribution in [2.45, 2.75) is 12.6 Å². The van der Waals surface area contributed by atoms with Gasteiger partial charge in [0.25, 0.3) is 0 Å². The van der Waals surface area contributed by atoms with Crippen LogP contribution in [0.2, 0.25) is 0 Å². The van der Waals surface area contributed by atoms with Gasteiger partial charge in [-0.25, -0.2) is 0 Å². The minimum Gasteiger partial charge on any atom is -0.307 e. The lowest BCUT2D eigenvalue weighted by Gasteiger charge is -2.24. The van der Waals surface area contributed by atoms with Gasteiger partial charge in [-0.1, -0.05) is 6.07 Å². The summed E-state index contributed by atoms with van der Waals surface area (Å²) in [4.78, 5) is 1.16. The molecule has 7 heteroatoms. The van der Waals surface area contributed by atoms with Gasteiger partial charge in [0, 0.05) is 31.9 Å². The van der Waals surface area contributed by atoms with Gasteiger partial charge in [0.15, 0.2) is 11.6 Å². The maximum atomic E-state index is 4.40. The molecule has 6 nitrogen and oxygen atoms in total. The summed E-state index contributed by atoms with van der Waals surface area (Å²) in [5.41, 5.74) is 1.12. The summed E-state index contributed by atoms with van der Waals surface area (Å²) < 4.78 is 4.02. The van der Waals surface area contributed by atoms with Crippen molar-refractivity contribution in [1.82, 2.24) is 29.9 Å². The summed E-state index contributed by atoms with van der Waals surface area (Å²) in [6.45, 7) is 1.80. The Bertz CT molecular complexity index is 726. The molecule has 0 radical (unpaired) electrons. The van der Waals surface area contributed by atoms with Crippen LogP contribution < -0.4 is 5.32 Å². The van der Waals surface area contributed by atoms with Crippen molar-refractivity contribution in [1.29, 1.82) is 0 Å². The molecule has 0 saturated heterocycles. The molecule has 0 aromatic carbocycles. The van der Waals surface area contributed by atoms with Gasteiger partial charge in [-0.15, -0.1) is 21.5 Å². The van der Waals surface area contributed by atoms with E-state index in [0.717, 1.165) is 35.2 Å². The zero-order chi connectivity index (χ0) is 13.5. The second-order valence-corrected chi connectivity index (χ2v) is 5.79. The number of aromatic nitrogens is 5. The number of aryl methyl sites for hydroxylation is 1. The first kappa shape index (κ1) is 11.8. The third-order valence-electron chi connectivity index (χ3n) is 3.52. The first-order valence-electron chi connectivity index (χ1n) is 6.52. The Morgan fingerprint density at radius 1 is 1.40 bits per heavy atom. The van der Waals surface area contributed by atoms with Crippen LogP contribution >= 0.6 is 11.3 Å². The molecule has 20 heavy (non-hydrogen) atoms. The molecular weight excluding hydrogens is 272 g/mol. The summed E-state index contributed by atoms with van der Waals surface area (Å²) in [6.07, 6.45) is 3.90. The van der Waals surface area contributed by atoms with Crippen molar-refractivity contribution in [2.75, 3.05) is 6.54 Å². The number of nitrogens with one attached hydrogen (secondary N) is 1. The normalized spacial score (nSPS) is 18.1. The number of hydrogen-bond donors (Lipinski definition) is 1. The van der Waals surface area contributed by atoms with Crippen LogP contribution in [-0.2, 0) is 13.6 Å². The van der Waals surface area contributed by atoms with Gasteiger partial charge in [0.1, 0.15) is 0 Å². The van der Waals surface area contributed by atoms with E-state index < -0.39 is 0 Å². The molecule has 102 valence electrons. The minimum atomic E-state index is 0.0682. The fourth-order valence-corrected chi connectivity index (χ4v) is 3.32. The topological polar surface area (TPSA) is 60.6 Å². The van der Waals surface area contributed by atoms with Gasteiger partial charge in [-0.3, -0.25) is 4.68 Å². The van der Waals surface area contributed by atoms with Crippen molar-refractivity contribution in [2.24, 2.45) is 7.05 Å². The smallest absolute Gasteiger partial charge is 0.174 e. The van der Waals surface area contributed by atoms with Gasteiger partial charge in [-0.05, 0) is 11.4 Å². The Kier molecular flexibility index (Phi) is 2.68. The largest absolute Gasteiger partial charge is 0.307 e. The average molecular weight is 286 g/mol. The zero-order valence-corrected chi connectivity index (χ0v) is 11.8. The number of thiophene rings is 1. The molecule has 1 aliphatic heterocycles. The summed E-state index contributed by atoms with van der Waals surface area (Å²) in [5.74, 6) is 1.93. The predicted octanol–water partition coefficient (Wildman–Crippen LogP) is 1.43. The lowest BCUT2D eigenvalue weighted by atomic mass is 10.1. The van der Waals surface area contributed by atoms with Crippen molar-refractivity contribution >= 4 is 11.3 Å². The summed E-state index contributed by atoms with van der Waals surface area (Å²) in [5, 5.41) is 18.6. The fraction of sp³-hybridized carbons (Fsp3) is 0.308. The van der Waals surface area contributed by atoms with Crippen LogP contribution in [0.1, 0.15) is 17.4 Å². The van der Waals surface area contributed by atoms with E-state index >= 15 is 0 Å². The number of nitrogens with zero attached hydrogens (tertiary/aromatic N) is 5. The van der Waals surface area contributed by atoms with Crippen LogP contribution in [0.3, 0.4) is 0 Å². The number of rotatable bonds is 2. The van der Waals surface area contributed by atoms with Crippen molar-refractivity contribution in [3.05, 3.63) is 41.3 Å². The molecule has 3 aromatic heterocycles.